The van der Waals surface area contributed by atoms with Gasteiger partial charge in [0.15, 0.2) is 0 Å². The van der Waals surface area contributed by atoms with Crippen molar-refractivity contribution in [2.45, 2.75) is 62.8 Å². The molecule has 2 amide bonds. The third-order valence-corrected chi connectivity index (χ3v) is 7.42. The molecule has 1 aromatic carbocycles. The highest BCUT2D eigenvalue weighted by Gasteiger charge is 2.28. The highest BCUT2D eigenvalue weighted by Crippen LogP contribution is 2.23. The predicted octanol–water partition coefficient (Wildman–Crippen LogP) is 0.999. The van der Waals surface area contributed by atoms with Gasteiger partial charge in [0.25, 0.3) is 0 Å². The fourth-order valence-electron chi connectivity index (χ4n) is 3.76. The number of benzene rings is 1. The number of carboxylic acids is 1. The number of piperidine rings is 1. The lowest BCUT2D eigenvalue weighted by atomic mass is 9.93. The van der Waals surface area contributed by atoms with Gasteiger partial charge in [-0.15, -0.1) is 0 Å². The predicted molar refractivity (Wildman–Crippen MR) is 134 cm³/mol. The van der Waals surface area contributed by atoms with Crippen LogP contribution in [0, 0.1) is 5.92 Å². The first kappa shape index (κ1) is 29.5. The van der Waals surface area contributed by atoms with Crippen LogP contribution < -0.4 is 25.4 Å². The minimum atomic E-state index is -4.23. The van der Waals surface area contributed by atoms with Crippen LogP contribution in [0.2, 0.25) is 0 Å². The van der Waals surface area contributed by atoms with Gasteiger partial charge in [-0.2, -0.15) is 4.72 Å². The van der Waals surface area contributed by atoms with E-state index in [1.54, 1.807) is 6.07 Å². The van der Waals surface area contributed by atoms with Crippen LogP contribution in [-0.4, -0.2) is 70.1 Å². The van der Waals surface area contributed by atoms with Crippen molar-refractivity contribution >= 4 is 27.8 Å². The van der Waals surface area contributed by atoms with Crippen LogP contribution in [0.3, 0.4) is 0 Å². The summed E-state index contributed by atoms with van der Waals surface area (Å²) in [6.45, 7) is 3.91. The van der Waals surface area contributed by atoms with Gasteiger partial charge in [0.1, 0.15) is 16.7 Å². The molecular formula is C24H38N4O7S. The zero-order valence-electron chi connectivity index (χ0n) is 20.8. The topological polar surface area (TPSA) is 163 Å². The van der Waals surface area contributed by atoms with E-state index in [1.165, 1.54) is 18.2 Å². The largest absolute Gasteiger partial charge is 0.492 e. The molecule has 5 N–H and O–H groups in total. The van der Waals surface area contributed by atoms with Crippen molar-refractivity contribution in [2.75, 3.05) is 32.8 Å². The Morgan fingerprint density at radius 1 is 1.11 bits per heavy atom. The molecule has 36 heavy (non-hydrogen) atoms. The lowest BCUT2D eigenvalue weighted by Crippen LogP contribution is -2.48. The normalized spacial score (nSPS) is 15.1. The van der Waals surface area contributed by atoms with Crippen LogP contribution in [0.1, 0.15) is 51.9 Å². The summed E-state index contributed by atoms with van der Waals surface area (Å²) in [7, 11) is -4.23. The molecule has 1 saturated heterocycles. The van der Waals surface area contributed by atoms with Crippen molar-refractivity contribution in [1.82, 2.24) is 20.7 Å². The molecule has 0 unspecified atom stereocenters. The average molecular weight is 527 g/mol. The number of ether oxygens (including phenoxy) is 1. The molecule has 0 saturated carbocycles. The van der Waals surface area contributed by atoms with Gasteiger partial charge in [0.05, 0.1) is 6.61 Å². The number of aliphatic carboxylic acids is 1. The Kier molecular flexibility index (Phi) is 12.6. The van der Waals surface area contributed by atoms with E-state index >= 15 is 0 Å². The number of carbonyl (C=O) groups excluding carboxylic acids is 2. The zero-order chi connectivity index (χ0) is 26.4. The number of sulfonamides is 1. The molecule has 0 bridgehead atoms. The molecule has 0 radical (unpaired) electrons. The van der Waals surface area contributed by atoms with E-state index in [1.807, 2.05) is 6.92 Å². The molecule has 11 nitrogen and oxygen atoms in total. The first-order chi connectivity index (χ1) is 17.2. The Labute approximate surface area is 212 Å². The van der Waals surface area contributed by atoms with Gasteiger partial charge in [-0.3, -0.25) is 14.4 Å². The molecule has 0 aromatic heterocycles. The highest BCUT2D eigenvalue weighted by molar-refractivity contribution is 7.89. The van der Waals surface area contributed by atoms with Gasteiger partial charge in [0, 0.05) is 25.9 Å². The third-order valence-electron chi connectivity index (χ3n) is 5.91. The van der Waals surface area contributed by atoms with Gasteiger partial charge < -0.3 is 25.8 Å². The monoisotopic (exact) mass is 526 g/mol. The van der Waals surface area contributed by atoms with Crippen molar-refractivity contribution < 1.29 is 32.6 Å². The van der Waals surface area contributed by atoms with Crippen LogP contribution in [0.4, 0.5) is 0 Å². The molecular weight excluding hydrogens is 488 g/mol. The average Bonchev–Trinajstić information content (AvgIpc) is 2.86. The molecule has 0 spiro atoms. The molecule has 12 heteroatoms. The number of hydrogen-bond donors (Lipinski definition) is 5. The van der Waals surface area contributed by atoms with Crippen molar-refractivity contribution in [3.8, 4) is 5.75 Å². The SMILES string of the molecule is CCCCOc1ccccc1S(=O)(=O)N[C@@H](CNC(=O)CCNC(=O)CCC1CCNCC1)C(=O)O. The van der Waals surface area contributed by atoms with Crippen LogP contribution in [-0.2, 0) is 24.4 Å². The molecule has 0 aliphatic carbocycles. The summed E-state index contributed by atoms with van der Waals surface area (Å²) < 4.78 is 33.4. The quantitative estimate of drug-likeness (QED) is 0.199. The summed E-state index contributed by atoms with van der Waals surface area (Å²) in [6.07, 6.45) is 4.89. The second-order valence-corrected chi connectivity index (χ2v) is 10.5. The summed E-state index contributed by atoms with van der Waals surface area (Å²) >= 11 is 0. The summed E-state index contributed by atoms with van der Waals surface area (Å²) in [5.41, 5.74) is 0. The first-order valence-electron chi connectivity index (χ1n) is 12.4. The summed E-state index contributed by atoms with van der Waals surface area (Å²) in [4.78, 5) is 35.6. The number of carbonyl (C=O) groups is 3. The smallest absolute Gasteiger partial charge is 0.323 e. The van der Waals surface area contributed by atoms with Crippen molar-refractivity contribution in [1.29, 1.82) is 0 Å². The minimum absolute atomic E-state index is 0.0493. The number of nitrogens with one attached hydrogen (secondary N) is 4. The van der Waals surface area contributed by atoms with Gasteiger partial charge in [-0.25, -0.2) is 8.42 Å². The number of hydrogen-bond acceptors (Lipinski definition) is 7. The Morgan fingerprint density at radius 3 is 2.50 bits per heavy atom. The van der Waals surface area contributed by atoms with Crippen LogP contribution in [0.25, 0.3) is 0 Å². The number of carboxylic acid groups (broad SMARTS) is 1. The summed E-state index contributed by atoms with van der Waals surface area (Å²) in [5.74, 6) is -1.40. The molecule has 2 rings (SSSR count). The second-order valence-electron chi connectivity index (χ2n) is 8.80. The Morgan fingerprint density at radius 2 is 1.81 bits per heavy atom. The van der Waals surface area contributed by atoms with Crippen LogP contribution in [0.5, 0.6) is 5.75 Å². The molecule has 1 aliphatic rings. The molecule has 1 fully saturated rings. The Balaban J connectivity index is 1.79. The molecule has 1 aromatic rings. The van der Waals surface area contributed by atoms with E-state index in [2.05, 4.69) is 20.7 Å². The van der Waals surface area contributed by atoms with Gasteiger partial charge in [-0.05, 0) is 56.8 Å². The maximum absolute atomic E-state index is 12.8. The summed E-state index contributed by atoms with van der Waals surface area (Å²) in [6, 6.07) is 4.39. The summed E-state index contributed by atoms with van der Waals surface area (Å²) in [5, 5.41) is 17.9. The number of para-hydroxylation sites is 1. The second kappa shape index (κ2) is 15.4. The standard InChI is InChI=1S/C24H38N4O7S/c1-2-3-16-35-20-6-4-5-7-21(20)36(33,34)28-19(24(31)32)17-27-23(30)12-15-26-22(29)9-8-18-10-13-25-14-11-18/h4-7,18-19,25,28H,2-3,8-17H2,1H3,(H,26,29)(H,27,30)(H,31,32)/t19-/m0/s1. The van der Waals surface area contributed by atoms with E-state index in [9.17, 15) is 27.9 Å². The van der Waals surface area contributed by atoms with E-state index in [-0.39, 0.29) is 29.5 Å². The van der Waals surface area contributed by atoms with Crippen molar-refractivity contribution in [2.24, 2.45) is 5.92 Å². The Hall–Kier alpha value is -2.70. The van der Waals surface area contributed by atoms with E-state index in [0.29, 0.717) is 18.9 Å². The third kappa shape index (κ3) is 10.5. The van der Waals surface area contributed by atoms with Crippen molar-refractivity contribution in [3.63, 3.8) is 0 Å². The van der Waals surface area contributed by atoms with Gasteiger partial charge in [-0.1, -0.05) is 25.5 Å². The lowest BCUT2D eigenvalue weighted by Gasteiger charge is -2.22. The number of amides is 2. The fourth-order valence-corrected chi connectivity index (χ4v) is 5.10. The van der Waals surface area contributed by atoms with E-state index in [4.69, 9.17) is 4.74 Å². The Bertz CT molecular complexity index is 965. The minimum Gasteiger partial charge on any atom is -0.492 e. The zero-order valence-corrected chi connectivity index (χ0v) is 21.6. The maximum atomic E-state index is 12.8. The molecule has 1 heterocycles. The molecule has 1 atom stereocenters. The maximum Gasteiger partial charge on any atom is 0.323 e. The van der Waals surface area contributed by atoms with Crippen molar-refractivity contribution in [3.05, 3.63) is 24.3 Å². The number of rotatable bonds is 16. The molecule has 202 valence electrons. The van der Waals surface area contributed by atoms with Crippen LogP contribution >= 0.6 is 0 Å². The first-order valence-corrected chi connectivity index (χ1v) is 13.9. The van der Waals surface area contributed by atoms with Crippen LogP contribution in [0.15, 0.2) is 29.2 Å². The molecule has 1 aliphatic heterocycles. The number of unbranched alkanes of at least 4 members (excludes halogenated alkanes) is 1. The van der Waals surface area contributed by atoms with E-state index < -0.39 is 34.5 Å². The van der Waals surface area contributed by atoms with E-state index in [0.717, 1.165) is 45.2 Å². The highest BCUT2D eigenvalue weighted by atomic mass is 32.2. The van der Waals surface area contributed by atoms with Gasteiger partial charge in [0.2, 0.25) is 21.8 Å². The lowest BCUT2D eigenvalue weighted by molar-refractivity contribution is -0.138. The van der Waals surface area contributed by atoms with Gasteiger partial charge >= 0.3 is 5.97 Å². The fraction of sp³-hybridized carbons (Fsp3) is 0.625.